The van der Waals surface area contributed by atoms with Crippen LogP contribution in [-0.4, -0.2) is 31.4 Å². The molecule has 1 aromatic carbocycles. The van der Waals surface area contributed by atoms with Crippen molar-refractivity contribution in [2.24, 2.45) is 5.92 Å². The topological polar surface area (TPSA) is 70.2 Å². The zero-order valence-corrected chi connectivity index (χ0v) is 12.4. The van der Waals surface area contributed by atoms with Gasteiger partial charge in [-0.3, -0.25) is 9.59 Å². The first kappa shape index (κ1) is 15.0. The first-order valence-electron chi connectivity index (χ1n) is 7.74. The van der Waals surface area contributed by atoms with Crippen molar-refractivity contribution in [2.75, 3.05) is 25.0 Å². The zero-order valence-electron chi connectivity index (χ0n) is 12.4. The van der Waals surface area contributed by atoms with E-state index in [-0.39, 0.29) is 17.4 Å². The molecule has 5 nitrogen and oxygen atoms in total. The van der Waals surface area contributed by atoms with Crippen LogP contribution in [-0.2, 0) is 11.2 Å². The lowest BCUT2D eigenvalue weighted by atomic mass is 9.98. The predicted molar refractivity (Wildman–Crippen MR) is 81.3 cm³/mol. The minimum absolute atomic E-state index is 0.0543. The Hall–Kier alpha value is -1.95. The van der Waals surface area contributed by atoms with Gasteiger partial charge in [0.2, 0.25) is 5.91 Å². The van der Waals surface area contributed by atoms with E-state index in [4.69, 9.17) is 0 Å². The number of anilines is 1. The summed E-state index contributed by atoms with van der Waals surface area (Å²) >= 11 is 0. The molecule has 3 N–H and O–H groups in total. The fourth-order valence-corrected chi connectivity index (χ4v) is 3.01. The smallest absolute Gasteiger partial charge is 0.254 e. The van der Waals surface area contributed by atoms with Gasteiger partial charge in [-0.1, -0.05) is 0 Å². The molecule has 0 spiro atoms. The van der Waals surface area contributed by atoms with E-state index in [1.165, 1.54) is 6.07 Å². The summed E-state index contributed by atoms with van der Waals surface area (Å²) < 4.78 is 14.1. The number of rotatable bonds is 3. The third-order valence-corrected chi connectivity index (χ3v) is 4.28. The van der Waals surface area contributed by atoms with Gasteiger partial charge in [0.25, 0.3) is 5.91 Å². The number of carbonyl (C=O) groups excluding carboxylic acids is 2. The minimum atomic E-state index is -0.597. The molecule has 118 valence electrons. The van der Waals surface area contributed by atoms with Gasteiger partial charge in [0.05, 0.1) is 5.56 Å². The SMILES string of the molecule is O=C1CCc2cc(C(=O)NCC3CCCNC3)c(F)cc2N1. The fourth-order valence-electron chi connectivity index (χ4n) is 3.01. The number of hydrogen-bond donors (Lipinski definition) is 3. The molecule has 2 aliphatic rings. The molecule has 3 rings (SSSR count). The van der Waals surface area contributed by atoms with Gasteiger partial charge in [0, 0.05) is 18.7 Å². The van der Waals surface area contributed by atoms with Crippen LogP contribution in [0.2, 0.25) is 0 Å². The highest BCUT2D eigenvalue weighted by atomic mass is 19.1. The summed E-state index contributed by atoms with van der Waals surface area (Å²) in [5.74, 6) is -0.699. The van der Waals surface area contributed by atoms with E-state index >= 15 is 0 Å². The molecular formula is C16H20FN3O2. The van der Waals surface area contributed by atoms with Gasteiger partial charge in [-0.25, -0.2) is 4.39 Å². The summed E-state index contributed by atoms with van der Waals surface area (Å²) in [5.41, 5.74) is 1.34. The Balaban J connectivity index is 1.68. The largest absolute Gasteiger partial charge is 0.352 e. The number of piperidine rings is 1. The average molecular weight is 305 g/mol. The van der Waals surface area contributed by atoms with Crippen LogP contribution >= 0.6 is 0 Å². The number of fused-ring (bicyclic) bond motifs is 1. The number of hydrogen-bond acceptors (Lipinski definition) is 3. The van der Waals surface area contributed by atoms with E-state index in [1.807, 2.05) is 0 Å². The van der Waals surface area contributed by atoms with Crippen LogP contribution < -0.4 is 16.0 Å². The molecule has 2 heterocycles. The Morgan fingerprint density at radius 2 is 2.23 bits per heavy atom. The first-order valence-corrected chi connectivity index (χ1v) is 7.74. The van der Waals surface area contributed by atoms with Gasteiger partial charge in [0.1, 0.15) is 5.82 Å². The highest BCUT2D eigenvalue weighted by Gasteiger charge is 2.21. The van der Waals surface area contributed by atoms with Crippen LogP contribution in [0.1, 0.15) is 35.2 Å². The molecule has 1 fully saturated rings. The van der Waals surface area contributed by atoms with Crippen LogP contribution in [0, 0.1) is 11.7 Å². The van der Waals surface area contributed by atoms with Crippen molar-refractivity contribution >= 4 is 17.5 Å². The average Bonchev–Trinajstić information content (AvgIpc) is 2.53. The van der Waals surface area contributed by atoms with Gasteiger partial charge in [-0.05, 0) is 56.0 Å². The number of benzene rings is 1. The molecule has 1 unspecified atom stereocenters. The molecule has 1 aromatic rings. The van der Waals surface area contributed by atoms with E-state index in [1.54, 1.807) is 6.07 Å². The Morgan fingerprint density at radius 3 is 3.00 bits per heavy atom. The molecule has 6 heteroatoms. The monoisotopic (exact) mass is 305 g/mol. The maximum Gasteiger partial charge on any atom is 0.254 e. The van der Waals surface area contributed by atoms with E-state index in [9.17, 15) is 14.0 Å². The highest BCUT2D eigenvalue weighted by molar-refractivity contribution is 5.98. The second-order valence-electron chi connectivity index (χ2n) is 5.96. The van der Waals surface area contributed by atoms with Gasteiger partial charge in [-0.2, -0.15) is 0 Å². The lowest BCUT2D eigenvalue weighted by molar-refractivity contribution is -0.116. The molecular weight excluding hydrogens is 285 g/mol. The van der Waals surface area contributed by atoms with Gasteiger partial charge < -0.3 is 16.0 Å². The molecule has 0 aliphatic carbocycles. The third-order valence-electron chi connectivity index (χ3n) is 4.28. The maximum absolute atomic E-state index is 14.1. The van der Waals surface area contributed by atoms with E-state index in [2.05, 4.69) is 16.0 Å². The summed E-state index contributed by atoms with van der Waals surface area (Å²) in [6, 6.07) is 2.79. The predicted octanol–water partition coefficient (Wildman–Crippen LogP) is 1.44. The van der Waals surface area contributed by atoms with Gasteiger partial charge in [0.15, 0.2) is 0 Å². The van der Waals surface area contributed by atoms with E-state index in [0.717, 1.165) is 31.5 Å². The molecule has 2 amide bonds. The number of aryl methyl sites for hydroxylation is 1. The Morgan fingerprint density at radius 1 is 1.36 bits per heavy atom. The molecule has 1 saturated heterocycles. The van der Waals surface area contributed by atoms with Crippen molar-refractivity contribution in [1.82, 2.24) is 10.6 Å². The number of halogens is 1. The molecule has 2 aliphatic heterocycles. The molecule has 0 radical (unpaired) electrons. The van der Waals surface area contributed by atoms with Crippen molar-refractivity contribution in [3.8, 4) is 0 Å². The molecule has 0 bridgehead atoms. The lowest BCUT2D eigenvalue weighted by Crippen LogP contribution is -2.38. The fraction of sp³-hybridized carbons (Fsp3) is 0.500. The summed E-state index contributed by atoms with van der Waals surface area (Å²) in [5, 5.41) is 8.74. The van der Waals surface area contributed by atoms with Crippen LogP contribution in [0.15, 0.2) is 12.1 Å². The normalized spacial score (nSPS) is 21.0. The zero-order chi connectivity index (χ0) is 15.5. The summed E-state index contributed by atoms with van der Waals surface area (Å²) in [6.07, 6.45) is 3.08. The van der Waals surface area contributed by atoms with Crippen molar-refractivity contribution in [1.29, 1.82) is 0 Å². The van der Waals surface area contributed by atoms with Gasteiger partial charge in [-0.15, -0.1) is 0 Å². The second kappa shape index (κ2) is 6.44. The Kier molecular flexibility index (Phi) is 4.38. The summed E-state index contributed by atoms with van der Waals surface area (Å²) in [7, 11) is 0. The number of nitrogens with one attached hydrogen (secondary N) is 3. The molecule has 0 aromatic heterocycles. The third kappa shape index (κ3) is 3.27. The van der Waals surface area contributed by atoms with Crippen LogP contribution in [0.3, 0.4) is 0 Å². The van der Waals surface area contributed by atoms with Crippen molar-refractivity contribution in [3.63, 3.8) is 0 Å². The summed E-state index contributed by atoms with van der Waals surface area (Å²) in [6.45, 7) is 2.47. The number of amides is 2. The molecule has 22 heavy (non-hydrogen) atoms. The second-order valence-corrected chi connectivity index (χ2v) is 5.96. The Labute approximate surface area is 128 Å². The van der Waals surface area contributed by atoms with Crippen molar-refractivity contribution in [3.05, 3.63) is 29.1 Å². The molecule has 0 saturated carbocycles. The van der Waals surface area contributed by atoms with Crippen LogP contribution in [0.5, 0.6) is 0 Å². The maximum atomic E-state index is 14.1. The van der Waals surface area contributed by atoms with Crippen molar-refractivity contribution in [2.45, 2.75) is 25.7 Å². The quantitative estimate of drug-likeness (QED) is 0.791. The minimum Gasteiger partial charge on any atom is -0.352 e. The van der Waals surface area contributed by atoms with E-state index in [0.29, 0.717) is 31.0 Å². The highest BCUT2D eigenvalue weighted by Crippen LogP contribution is 2.26. The van der Waals surface area contributed by atoms with Gasteiger partial charge >= 0.3 is 0 Å². The van der Waals surface area contributed by atoms with E-state index < -0.39 is 5.82 Å². The lowest BCUT2D eigenvalue weighted by Gasteiger charge is -2.23. The first-order chi connectivity index (χ1) is 10.6. The summed E-state index contributed by atoms with van der Waals surface area (Å²) in [4.78, 5) is 23.5. The van der Waals surface area contributed by atoms with Crippen LogP contribution in [0.4, 0.5) is 10.1 Å². The van der Waals surface area contributed by atoms with Crippen LogP contribution in [0.25, 0.3) is 0 Å². The number of carbonyl (C=O) groups is 2. The van der Waals surface area contributed by atoms with Crippen molar-refractivity contribution < 1.29 is 14.0 Å². The Bertz CT molecular complexity index is 597. The molecule has 1 atom stereocenters. The standard InChI is InChI=1S/C16H20FN3O2/c17-13-7-14-11(3-4-15(21)20-14)6-12(13)16(22)19-9-10-2-1-5-18-8-10/h6-7,10,18H,1-5,8-9H2,(H,19,22)(H,20,21).